The van der Waals surface area contributed by atoms with Gasteiger partial charge in [0.1, 0.15) is 5.82 Å². The van der Waals surface area contributed by atoms with Gasteiger partial charge in [-0.15, -0.1) is 0 Å². The molecule has 2 fully saturated rings. The van der Waals surface area contributed by atoms with Crippen LogP contribution in [0, 0.1) is 0 Å². The first-order valence-corrected chi connectivity index (χ1v) is 9.08. The van der Waals surface area contributed by atoms with E-state index in [2.05, 4.69) is 39.9 Å². The van der Waals surface area contributed by atoms with Crippen LogP contribution >= 0.6 is 0 Å². The van der Waals surface area contributed by atoms with Gasteiger partial charge in [-0.1, -0.05) is 43.2 Å². The summed E-state index contributed by atoms with van der Waals surface area (Å²) in [5.41, 5.74) is 1.30. The van der Waals surface area contributed by atoms with Gasteiger partial charge >= 0.3 is 0 Å². The highest BCUT2D eigenvalue weighted by Gasteiger charge is 2.29. The number of nitrogens with zero attached hydrogens (tertiary/aromatic N) is 4. The number of rotatable bonds is 5. The molecule has 23 heavy (non-hydrogen) atoms. The van der Waals surface area contributed by atoms with Crippen LogP contribution in [0.4, 0.5) is 0 Å². The second-order valence-electron chi connectivity index (χ2n) is 6.99. The fourth-order valence-electron chi connectivity index (χ4n) is 3.40. The Morgan fingerprint density at radius 1 is 0.913 bits per heavy atom. The summed E-state index contributed by atoms with van der Waals surface area (Å²) in [6.07, 6.45) is 7.92. The summed E-state index contributed by atoms with van der Waals surface area (Å²) in [4.78, 5) is 7.47. The molecule has 1 aliphatic carbocycles. The van der Waals surface area contributed by atoms with Gasteiger partial charge in [0.25, 0.3) is 0 Å². The van der Waals surface area contributed by atoms with Gasteiger partial charge in [-0.05, 0) is 44.3 Å². The van der Waals surface area contributed by atoms with E-state index in [-0.39, 0.29) is 0 Å². The molecule has 1 saturated heterocycles. The zero-order chi connectivity index (χ0) is 15.5. The van der Waals surface area contributed by atoms with E-state index in [4.69, 9.17) is 10.1 Å². The van der Waals surface area contributed by atoms with E-state index in [0.29, 0.717) is 5.92 Å². The molecular formula is C19H26N4. The molecule has 1 aromatic carbocycles. The standard InChI is InChI=1S/C19H26N4/c1-2-7-13-22(12-6-1)15-18-20-19(17-10-11-17)21-23(18)14-16-8-4-3-5-9-16/h3-5,8-9,17H,1-2,6-7,10-15H2. The van der Waals surface area contributed by atoms with Gasteiger partial charge in [-0.25, -0.2) is 9.67 Å². The predicted octanol–water partition coefficient (Wildman–Crippen LogP) is 3.58. The average Bonchev–Trinajstić information content (AvgIpc) is 3.37. The lowest BCUT2D eigenvalue weighted by Gasteiger charge is -2.19. The Hall–Kier alpha value is -1.68. The zero-order valence-corrected chi connectivity index (χ0v) is 13.8. The van der Waals surface area contributed by atoms with E-state index in [1.807, 2.05) is 0 Å². The van der Waals surface area contributed by atoms with Crippen molar-refractivity contribution in [2.45, 2.75) is 57.5 Å². The first kappa shape index (κ1) is 14.9. The van der Waals surface area contributed by atoms with Crippen molar-refractivity contribution < 1.29 is 0 Å². The SMILES string of the molecule is c1ccc(Cn2nc(C3CC3)nc2CN2CCCCCC2)cc1. The number of benzene rings is 1. The summed E-state index contributed by atoms with van der Waals surface area (Å²) in [7, 11) is 0. The molecule has 2 heterocycles. The monoisotopic (exact) mass is 310 g/mol. The van der Waals surface area contributed by atoms with Crippen molar-refractivity contribution in [3.05, 3.63) is 47.5 Å². The summed E-state index contributed by atoms with van der Waals surface area (Å²) in [6.45, 7) is 4.20. The lowest BCUT2D eigenvalue weighted by atomic mass is 10.2. The number of aromatic nitrogens is 3. The van der Waals surface area contributed by atoms with E-state index < -0.39 is 0 Å². The topological polar surface area (TPSA) is 34.0 Å². The quantitative estimate of drug-likeness (QED) is 0.846. The third kappa shape index (κ3) is 3.81. The minimum Gasteiger partial charge on any atom is -0.296 e. The summed E-state index contributed by atoms with van der Waals surface area (Å²) in [6, 6.07) is 10.6. The summed E-state index contributed by atoms with van der Waals surface area (Å²) < 4.78 is 2.15. The average molecular weight is 310 g/mol. The predicted molar refractivity (Wildman–Crippen MR) is 91.3 cm³/mol. The molecule has 0 spiro atoms. The van der Waals surface area contributed by atoms with Gasteiger partial charge in [0.15, 0.2) is 5.82 Å². The van der Waals surface area contributed by atoms with E-state index >= 15 is 0 Å². The number of hydrogen-bond acceptors (Lipinski definition) is 3. The first-order valence-electron chi connectivity index (χ1n) is 9.08. The largest absolute Gasteiger partial charge is 0.296 e. The van der Waals surface area contributed by atoms with E-state index in [1.54, 1.807) is 0 Å². The molecule has 4 heteroatoms. The fraction of sp³-hybridized carbons (Fsp3) is 0.579. The van der Waals surface area contributed by atoms with Crippen LogP contribution in [-0.2, 0) is 13.1 Å². The Morgan fingerprint density at radius 2 is 1.65 bits per heavy atom. The molecular weight excluding hydrogens is 284 g/mol. The molecule has 0 amide bonds. The van der Waals surface area contributed by atoms with Gasteiger partial charge in [0.2, 0.25) is 0 Å². The molecule has 0 unspecified atom stereocenters. The highest BCUT2D eigenvalue weighted by atomic mass is 15.4. The minimum atomic E-state index is 0.620. The molecule has 0 N–H and O–H groups in total. The molecule has 122 valence electrons. The first-order chi connectivity index (χ1) is 11.4. The highest BCUT2D eigenvalue weighted by molar-refractivity contribution is 5.16. The maximum absolute atomic E-state index is 4.90. The highest BCUT2D eigenvalue weighted by Crippen LogP contribution is 2.38. The van der Waals surface area contributed by atoms with Crippen LogP contribution < -0.4 is 0 Å². The molecule has 1 saturated carbocycles. The van der Waals surface area contributed by atoms with Crippen LogP contribution in [-0.4, -0.2) is 32.8 Å². The van der Waals surface area contributed by atoms with Crippen molar-refractivity contribution >= 4 is 0 Å². The third-order valence-corrected chi connectivity index (χ3v) is 4.95. The van der Waals surface area contributed by atoms with Crippen LogP contribution in [0.2, 0.25) is 0 Å². The van der Waals surface area contributed by atoms with E-state index in [0.717, 1.165) is 24.7 Å². The summed E-state index contributed by atoms with van der Waals surface area (Å²) in [5, 5.41) is 4.84. The van der Waals surface area contributed by atoms with Gasteiger partial charge < -0.3 is 0 Å². The smallest absolute Gasteiger partial charge is 0.154 e. The van der Waals surface area contributed by atoms with Crippen molar-refractivity contribution in [3.8, 4) is 0 Å². The Morgan fingerprint density at radius 3 is 2.35 bits per heavy atom. The lowest BCUT2D eigenvalue weighted by molar-refractivity contribution is 0.265. The molecule has 2 aromatic rings. The molecule has 0 atom stereocenters. The Bertz CT molecular complexity index is 622. The second-order valence-corrected chi connectivity index (χ2v) is 6.99. The van der Waals surface area contributed by atoms with Crippen LogP contribution in [0.3, 0.4) is 0 Å². The fourth-order valence-corrected chi connectivity index (χ4v) is 3.40. The van der Waals surface area contributed by atoms with Crippen LogP contribution in [0.5, 0.6) is 0 Å². The second kappa shape index (κ2) is 6.83. The van der Waals surface area contributed by atoms with Crippen molar-refractivity contribution in [1.29, 1.82) is 0 Å². The van der Waals surface area contributed by atoms with Gasteiger partial charge in [-0.2, -0.15) is 5.10 Å². The maximum Gasteiger partial charge on any atom is 0.154 e. The van der Waals surface area contributed by atoms with Crippen LogP contribution in [0.1, 0.15) is 61.7 Å². The molecule has 0 bridgehead atoms. The molecule has 1 aliphatic heterocycles. The maximum atomic E-state index is 4.90. The summed E-state index contributed by atoms with van der Waals surface area (Å²) >= 11 is 0. The number of likely N-dealkylation sites (tertiary alicyclic amines) is 1. The van der Waals surface area contributed by atoms with E-state index in [9.17, 15) is 0 Å². The minimum absolute atomic E-state index is 0.620. The van der Waals surface area contributed by atoms with Crippen molar-refractivity contribution in [1.82, 2.24) is 19.7 Å². The Kier molecular flexibility index (Phi) is 4.42. The van der Waals surface area contributed by atoms with Gasteiger partial charge in [0, 0.05) is 5.92 Å². The van der Waals surface area contributed by atoms with Crippen molar-refractivity contribution in [3.63, 3.8) is 0 Å². The molecule has 4 nitrogen and oxygen atoms in total. The lowest BCUT2D eigenvalue weighted by Crippen LogP contribution is -2.26. The third-order valence-electron chi connectivity index (χ3n) is 4.95. The van der Waals surface area contributed by atoms with Crippen LogP contribution in [0.25, 0.3) is 0 Å². The molecule has 4 rings (SSSR count). The Labute approximate surface area is 138 Å². The normalized spacial score (nSPS) is 19.7. The molecule has 2 aliphatic rings. The van der Waals surface area contributed by atoms with Gasteiger partial charge in [0.05, 0.1) is 13.1 Å². The van der Waals surface area contributed by atoms with Crippen molar-refractivity contribution in [2.24, 2.45) is 0 Å². The Balaban J connectivity index is 1.53. The molecule has 1 aromatic heterocycles. The zero-order valence-electron chi connectivity index (χ0n) is 13.8. The molecule has 0 radical (unpaired) electrons. The summed E-state index contributed by atoms with van der Waals surface area (Å²) in [5.74, 6) is 2.85. The van der Waals surface area contributed by atoms with Crippen molar-refractivity contribution in [2.75, 3.05) is 13.1 Å². The number of hydrogen-bond donors (Lipinski definition) is 0. The van der Waals surface area contributed by atoms with Crippen LogP contribution in [0.15, 0.2) is 30.3 Å². The van der Waals surface area contributed by atoms with E-state index in [1.165, 1.54) is 57.2 Å². The van der Waals surface area contributed by atoms with Gasteiger partial charge in [-0.3, -0.25) is 4.90 Å².